The summed E-state index contributed by atoms with van der Waals surface area (Å²) in [6.07, 6.45) is 1.49. The predicted octanol–water partition coefficient (Wildman–Crippen LogP) is 2.41. The summed E-state index contributed by atoms with van der Waals surface area (Å²) >= 11 is 1.45. The fraction of sp³-hybridized carbons (Fsp3) is 0.143. The van der Waals surface area contributed by atoms with E-state index >= 15 is 0 Å². The summed E-state index contributed by atoms with van der Waals surface area (Å²) in [5.74, 6) is -0.567. The number of nitrogens with zero attached hydrogens (tertiary/aromatic N) is 3. The van der Waals surface area contributed by atoms with E-state index in [1.165, 1.54) is 22.1 Å². The SMILES string of the molecule is O=C(Cn1c(=O)n(Cc2cccs2)c(=O)c2ncccc21)OCc1ccccc1. The third kappa shape index (κ3) is 4.02. The van der Waals surface area contributed by atoms with Crippen molar-refractivity contribution in [3.05, 3.63) is 97.5 Å². The van der Waals surface area contributed by atoms with Crippen molar-refractivity contribution in [2.45, 2.75) is 19.7 Å². The number of hydrogen-bond acceptors (Lipinski definition) is 6. The van der Waals surface area contributed by atoms with Crippen LogP contribution in [-0.2, 0) is 29.2 Å². The third-order valence-corrected chi connectivity index (χ3v) is 5.27. The molecule has 0 fully saturated rings. The summed E-state index contributed by atoms with van der Waals surface area (Å²) < 4.78 is 7.65. The van der Waals surface area contributed by atoms with Crippen LogP contribution in [0.2, 0.25) is 0 Å². The smallest absolute Gasteiger partial charge is 0.332 e. The second-order valence-electron chi connectivity index (χ2n) is 6.36. The molecule has 1 aromatic carbocycles. The number of benzene rings is 1. The van der Waals surface area contributed by atoms with Gasteiger partial charge in [0.05, 0.1) is 12.1 Å². The first kappa shape index (κ1) is 18.8. The molecule has 4 rings (SSSR count). The van der Waals surface area contributed by atoms with Crippen LogP contribution in [0.1, 0.15) is 10.4 Å². The van der Waals surface area contributed by atoms with E-state index in [1.807, 2.05) is 47.8 Å². The van der Waals surface area contributed by atoms with Crippen molar-refractivity contribution >= 4 is 28.3 Å². The zero-order chi connectivity index (χ0) is 20.2. The molecule has 7 nitrogen and oxygen atoms in total. The van der Waals surface area contributed by atoms with Crippen LogP contribution in [0, 0.1) is 0 Å². The van der Waals surface area contributed by atoms with Gasteiger partial charge in [0.2, 0.25) is 0 Å². The predicted molar refractivity (Wildman–Crippen MR) is 110 cm³/mol. The van der Waals surface area contributed by atoms with Gasteiger partial charge < -0.3 is 4.74 Å². The first-order valence-corrected chi connectivity index (χ1v) is 9.82. The van der Waals surface area contributed by atoms with E-state index in [4.69, 9.17) is 4.74 Å². The van der Waals surface area contributed by atoms with Gasteiger partial charge in [-0.1, -0.05) is 36.4 Å². The van der Waals surface area contributed by atoms with Crippen molar-refractivity contribution in [2.24, 2.45) is 0 Å². The molecule has 0 saturated carbocycles. The number of carbonyl (C=O) groups is 1. The summed E-state index contributed by atoms with van der Waals surface area (Å²) in [6.45, 7) is -0.0705. The van der Waals surface area contributed by atoms with Crippen LogP contribution in [0.15, 0.2) is 75.8 Å². The number of ether oxygens (including phenoxy) is 1. The quantitative estimate of drug-likeness (QED) is 0.459. The van der Waals surface area contributed by atoms with Crippen molar-refractivity contribution in [3.8, 4) is 0 Å². The molecule has 0 bridgehead atoms. The monoisotopic (exact) mass is 407 g/mol. The molecule has 3 heterocycles. The topological polar surface area (TPSA) is 83.2 Å². The van der Waals surface area contributed by atoms with Crippen molar-refractivity contribution in [1.29, 1.82) is 0 Å². The standard InChI is InChI=1S/C21H17N3O4S/c25-18(28-14-15-6-2-1-3-7-15)13-23-17-9-4-10-22-19(17)20(26)24(21(23)27)12-16-8-5-11-29-16/h1-11H,12-14H2. The van der Waals surface area contributed by atoms with Gasteiger partial charge in [-0.25, -0.2) is 9.78 Å². The summed E-state index contributed by atoms with van der Waals surface area (Å²) in [7, 11) is 0. The normalized spacial score (nSPS) is 10.9. The van der Waals surface area contributed by atoms with E-state index in [9.17, 15) is 14.4 Å². The Kier molecular flexibility index (Phi) is 5.35. The second-order valence-corrected chi connectivity index (χ2v) is 7.39. The van der Waals surface area contributed by atoms with Crippen LogP contribution >= 0.6 is 11.3 Å². The van der Waals surface area contributed by atoms with Crippen LogP contribution in [0.3, 0.4) is 0 Å². The van der Waals surface area contributed by atoms with E-state index in [0.717, 1.165) is 15.0 Å². The third-order valence-electron chi connectivity index (χ3n) is 4.41. The zero-order valence-corrected chi connectivity index (χ0v) is 16.2. The first-order chi connectivity index (χ1) is 14.1. The van der Waals surface area contributed by atoms with Crippen molar-refractivity contribution < 1.29 is 9.53 Å². The Hall–Kier alpha value is -3.52. The van der Waals surface area contributed by atoms with E-state index in [-0.39, 0.29) is 25.2 Å². The van der Waals surface area contributed by atoms with Crippen LogP contribution in [0.5, 0.6) is 0 Å². The molecule has 0 amide bonds. The molecule has 0 N–H and O–H groups in total. The number of fused-ring (bicyclic) bond motifs is 1. The Morgan fingerprint density at radius 2 is 1.83 bits per heavy atom. The molecule has 0 unspecified atom stereocenters. The average Bonchev–Trinajstić information content (AvgIpc) is 3.27. The number of hydrogen-bond donors (Lipinski definition) is 0. The lowest BCUT2D eigenvalue weighted by molar-refractivity contribution is -0.145. The number of esters is 1. The lowest BCUT2D eigenvalue weighted by Gasteiger charge is -2.13. The van der Waals surface area contributed by atoms with E-state index in [2.05, 4.69) is 4.98 Å². The number of aromatic nitrogens is 3. The Balaban J connectivity index is 1.68. The van der Waals surface area contributed by atoms with E-state index in [1.54, 1.807) is 12.1 Å². The highest BCUT2D eigenvalue weighted by Gasteiger charge is 2.17. The van der Waals surface area contributed by atoms with Gasteiger partial charge in [-0.3, -0.25) is 18.7 Å². The summed E-state index contributed by atoms with van der Waals surface area (Å²) in [5.41, 5.74) is 0.247. The number of rotatable bonds is 6. The molecular formula is C21H17N3O4S. The maximum Gasteiger partial charge on any atom is 0.332 e. The molecule has 0 aliphatic carbocycles. The van der Waals surface area contributed by atoms with Crippen LogP contribution in [0.25, 0.3) is 11.0 Å². The molecule has 0 saturated heterocycles. The first-order valence-electron chi connectivity index (χ1n) is 8.94. The molecule has 146 valence electrons. The molecule has 8 heteroatoms. The lowest BCUT2D eigenvalue weighted by Crippen LogP contribution is -2.41. The molecule has 0 atom stereocenters. The fourth-order valence-corrected chi connectivity index (χ4v) is 3.70. The van der Waals surface area contributed by atoms with Crippen molar-refractivity contribution in [3.63, 3.8) is 0 Å². The van der Waals surface area contributed by atoms with Crippen molar-refractivity contribution in [2.75, 3.05) is 0 Å². The fourth-order valence-electron chi connectivity index (χ4n) is 3.01. The summed E-state index contributed by atoms with van der Waals surface area (Å²) in [5, 5.41) is 1.87. The Labute approximate surface area is 169 Å². The van der Waals surface area contributed by atoms with Crippen LogP contribution in [-0.4, -0.2) is 20.1 Å². The zero-order valence-electron chi connectivity index (χ0n) is 15.4. The molecule has 29 heavy (non-hydrogen) atoms. The summed E-state index contributed by atoms with van der Waals surface area (Å²) in [6, 6.07) is 16.2. The average molecular weight is 407 g/mol. The highest BCUT2D eigenvalue weighted by atomic mass is 32.1. The number of carbonyl (C=O) groups excluding carboxylic acids is 1. The van der Waals surface area contributed by atoms with Gasteiger partial charge in [-0.2, -0.15) is 0 Å². The van der Waals surface area contributed by atoms with Gasteiger partial charge in [-0.05, 0) is 29.1 Å². The Bertz CT molecular complexity index is 1260. The van der Waals surface area contributed by atoms with Crippen LogP contribution < -0.4 is 11.2 Å². The molecule has 4 aromatic rings. The van der Waals surface area contributed by atoms with Crippen molar-refractivity contribution in [1.82, 2.24) is 14.1 Å². The highest BCUT2D eigenvalue weighted by Crippen LogP contribution is 2.10. The molecule has 3 aromatic heterocycles. The second kappa shape index (κ2) is 8.24. The lowest BCUT2D eigenvalue weighted by atomic mass is 10.2. The number of pyridine rings is 1. The van der Waals surface area contributed by atoms with Gasteiger partial charge in [0.1, 0.15) is 13.2 Å². The molecule has 0 aliphatic rings. The maximum atomic E-state index is 13.0. The molecule has 0 aliphatic heterocycles. The minimum Gasteiger partial charge on any atom is -0.459 e. The van der Waals surface area contributed by atoms with E-state index in [0.29, 0.717) is 5.52 Å². The Morgan fingerprint density at radius 3 is 2.59 bits per heavy atom. The van der Waals surface area contributed by atoms with Gasteiger partial charge in [0.15, 0.2) is 5.52 Å². The number of thiophene rings is 1. The Morgan fingerprint density at radius 1 is 1.00 bits per heavy atom. The minimum atomic E-state index is -0.569. The van der Waals surface area contributed by atoms with Gasteiger partial charge in [0, 0.05) is 11.1 Å². The van der Waals surface area contributed by atoms with Gasteiger partial charge in [0.25, 0.3) is 5.56 Å². The minimum absolute atomic E-state index is 0.111. The van der Waals surface area contributed by atoms with E-state index < -0.39 is 17.2 Å². The maximum absolute atomic E-state index is 13.0. The van der Waals surface area contributed by atoms with Crippen LogP contribution in [0.4, 0.5) is 0 Å². The molecule has 0 radical (unpaired) electrons. The molecule has 0 spiro atoms. The largest absolute Gasteiger partial charge is 0.459 e. The van der Waals surface area contributed by atoms with Gasteiger partial charge in [-0.15, -0.1) is 11.3 Å². The summed E-state index contributed by atoms with van der Waals surface area (Å²) in [4.78, 5) is 43.2. The molecular weight excluding hydrogens is 390 g/mol. The highest BCUT2D eigenvalue weighted by molar-refractivity contribution is 7.09. The van der Waals surface area contributed by atoms with Gasteiger partial charge >= 0.3 is 11.7 Å².